The Morgan fingerprint density at radius 2 is 2.29 bits per heavy atom. The van der Waals surface area contributed by atoms with Crippen LogP contribution in [0.25, 0.3) is 0 Å². The van der Waals surface area contributed by atoms with E-state index in [0.717, 1.165) is 0 Å². The van der Waals surface area contributed by atoms with E-state index in [4.69, 9.17) is 27.9 Å². The molecule has 0 aliphatic rings. The summed E-state index contributed by atoms with van der Waals surface area (Å²) >= 11 is 11.1. The molecule has 0 saturated carbocycles. The van der Waals surface area contributed by atoms with E-state index in [1.165, 1.54) is 0 Å². The Morgan fingerprint density at radius 3 is 2.79 bits per heavy atom. The van der Waals surface area contributed by atoms with E-state index in [1.54, 1.807) is 24.3 Å². The van der Waals surface area contributed by atoms with Gasteiger partial charge in [0.15, 0.2) is 6.10 Å². The lowest BCUT2D eigenvalue weighted by molar-refractivity contribution is -0.117. The Kier molecular flexibility index (Phi) is 4.23. The van der Waals surface area contributed by atoms with Gasteiger partial charge >= 0.3 is 0 Å². The molecule has 0 bridgehead atoms. The van der Waals surface area contributed by atoms with Crippen molar-refractivity contribution >= 4 is 28.4 Å². The van der Waals surface area contributed by atoms with Gasteiger partial charge in [-0.05, 0) is 36.2 Å². The molecule has 1 unspecified atom stereocenters. The Labute approximate surface area is 92.8 Å². The van der Waals surface area contributed by atoms with Crippen molar-refractivity contribution in [1.29, 1.82) is 0 Å². The first kappa shape index (κ1) is 11.3. The van der Waals surface area contributed by atoms with Crippen molar-refractivity contribution in [2.75, 3.05) is 0 Å². The highest BCUT2D eigenvalue weighted by Gasteiger charge is 2.15. The second kappa shape index (κ2) is 5.23. The molecular weight excluding hydrogens is 223 g/mol. The zero-order chi connectivity index (χ0) is 10.6. The number of hydrogen-bond acceptors (Lipinski definition) is 2. The van der Waals surface area contributed by atoms with Crippen LogP contribution in [0.3, 0.4) is 0 Å². The normalized spacial score (nSPS) is 12.2. The third kappa shape index (κ3) is 3.20. The van der Waals surface area contributed by atoms with E-state index in [0.29, 0.717) is 17.2 Å². The van der Waals surface area contributed by atoms with Gasteiger partial charge < -0.3 is 4.74 Å². The molecule has 0 aliphatic carbocycles. The molecule has 14 heavy (non-hydrogen) atoms. The number of halogens is 2. The summed E-state index contributed by atoms with van der Waals surface area (Å²) in [6, 6.07) is 6.86. The third-order valence-electron chi connectivity index (χ3n) is 1.70. The fourth-order valence-electron chi connectivity index (χ4n) is 0.995. The second-order valence-corrected chi connectivity index (χ2v) is 3.59. The largest absolute Gasteiger partial charge is 0.481 e. The molecule has 1 atom stereocenters. The van der Waals surface area contributed by atoms with Crippen LogP contribution < -0.4 is 4.74 Å². The number of ether oxygens (including phenoxy) is 1. The summed E-state index contributed by atoms with van der Waals surface area (Å²) < 4.78 is 5.34. The van der Waals surface area contributed by atoms with Crippen molar-refractivity contribution in [3.8, 4) is 5.75 Å². The quantitative estimate of drug-likeness (QED) is 0.746. The molecule has 1 rings (SSSR count). The molecule has 1 aromatic rings. The van der Waals surface area contributed by atoms with Crippen LogP contribution in [-0.4, -0.2) is 11.3 Å². The van der Waals surface area contributed by atoms with Crippen molar-refractivity contribution in [1.82, 2.24) is 0 Å². The number of hydrogen-bond donors (Lipinski definition) is 0. The first-order valence-corrected chi connectivity index (χ1v) is 5.00. The van der Waals surface area contributed by atoms with Crippen molar-refractivity contribution < 1.29 is 9.53 Å². The molecule has 0 saturated heterocycles. The zero-order valence-corrected chi connectivity index (χ0v) is 9.18. The van der Waals surface area contributed by atoms with Crippen LogP contribution in [0.1, 0.15) is 13.3 Å². The summed E-state index contributed by atoms with van der Waals surface area (Å²) in [4.78, 5) is 10.9. The highest BCUT2D eigenvalue weighted by Crippen LogP contribution is 2.19. The van der Waals surface area contributed by atoms with Gasteiger partial charge in [0.1, 0.15) is 5.75 Å². The molecule has 0 radical (unpaired) electrons. The van der Waals surface area contributed by atoms with Gasteiger partial charge in [-0.3, -0.25) is 4.79 Å². The van der Waals surface area contributed by atoms with Crippen LogP contribution in [0.4, 0.5) is 0 Å². The van der Waals surface area contributed by atoms with Gasteiger partial charge in [0.05, 0.1) is 0 Å². The lowest BCUT2D eigenvalue weighted by Gasteiger charge is -2.13. The minimum Gasteiger partial charge on any atom is -0.481 e. The molecule has 0 aliphatic heterocycles. The van der Waals surface area contributed by atoms with Crippen LogP contribution in [0.15, 0.2) is 24.3 Å². The fraction of sp³-hybridized carbons (Fsp3) is 0.300. The molecule has 0 aromatic heterocycles. The highest BCUT2D eigenvalue weighted by atomic mass is 35.5. The lowest BCUT2D eigenvalue weighted by atomic mass is 10.3. The van der Waals surface area contributed by atoms with Crippen molar-refractivity contribution in [2.45, 2.75) is 19.4 Å². The molecule has 1 aromatic carbocycles. The van der Waals surface area contributed by atoms with Crippen molar-refractivity contribution in [2.24, 2.45) is 0 Å². The molecule has 0 fully saturated rings. The molecule has 0 amide bonds. The van der Waals surface area contributed by atoms with Crippen LogP contribution in [0, 0.1) is 0 Å². The van der Waals surface area contributed by atoms with Crippen LogP contribution in [-0.2, 0) is 4.79 Å². The summed E-state index contributed by atoms with van der Waals surface area (Å²) in [6.45, 7) is 1.83. The Hall–Kier alpha value is -0.730. The van der Waals surface area contributed by atoms with Crippen molar-refractivity contribution in [3.63, 3.8) is 0 Å². The molecule has 0 N–H and O–H groups in total. The van der Waals surface area contributed by atoms with Crippen LogP contribution in [0.5, 0.6) is 5.75 Å². The summed E-state index contributed by atoms with van der Waals surface area (Å²) in [5, 5.41) is 0.0758. The first-order chi connectivity index (χ1) is 6.63. The third-order valence-corrected chi connectivity index (χ3v) is 2.18. The van der Waals surface area contributed by atoms with Gasteiger partial charge in [0, 0.05) is 5.02 Å². The lowest BCUT2D eigenvalue weighted by Crippen LogP contribution is -2.22. The van der Waals surface area contributed by atoms with E-state index < -0.39 is 11.3 Å². The van der Waals surface area contributed by atoms with Gasteiger partial charge in [-0.1, -0.05) is 24.6 Å². The summed E-state index contributed by atoms with van der Waals surface area (Å²) in [6.07, 6.45) is -0.0652. The smallest absolute Gasteiger partial charge is 0.262 e. The molecule has 0 spiro atoms. The highest BCUT2D eigenvalue weighted by molar-refractivity contribution is 6.64. The average Bonchev–Trinajstić information content (AvgIpc) is 2.14. The van der Waals surface area contributed by atoms with Crippen LogP contribution in [0.2, 0.25) is 5.02 Å². The maximum Gasteiger partial charge on any atom is 0.262 e. The molecule has 2 nitrogen and oxygen atoms in total. The number of rotatable bonds is 4. The maximum absolute atomic E-state index is 10.9. The number of carbonyl (C=O) groups excluding carboxylic acids is 1. The summed E-state index contributed by atoms with van der Waals surface area (Å²) in [5.41, 5.74) is 0. The maximum atomic E-state index is 10.9. The Morgan fingerprint density at radius 1 is 1.57 bits per heavy atom. The van der Waals surface area contributed by atoms with E-state index in [2.05, 4.69) is 0 Å². The monoisotopic (exact) mass is 232 g/mol. The van der Waals surface area contributed by atoms with E-state index in [-0.39, 0.29) is 0 Å². The van der Waals surface area contributed by atoms with E-state index >= 15 is 0 Å². The molecular formula is C10H10Cl2O2. The van der Waals surface area contributed by atoms with E-state index in [9.17, 15) is 4.79 Å². The SMILES string of the molecule is CCC(Oc1cccc(Cl)c1)C(=O)Cl. The summed E-state index contributed by atoms with van der Waals surface area (Å²) in [5.74, 6) is 0.554. The standard InChI is InChI=1S/C10H10Cl2O2/c1-2-9(10(12)13)14-8-5-3-4-7(11)6-8/h3-6,9H,2H2,1H3. The second-order valence-electron chi connectivity index (χ2n) is 2.78. The fourth-order valence-corrected chi connectivity index (χ4v) is 1.37. The first-order valence-electron chi connectivity index (χ1n) is 4.25. The van der Waals surface area contributed by atoms with Gasteiger partial charge in [0.2, 0.25) is 0 Å². The van der Waals surface area contributed by atoms with E-state index in [1.807, 2.05) is 6.92 Å². The summed E-state index contributed by atoms with van der Waals surface area (Å²) in [7, 11) is 0. The average molecular weight is 233 g/mol. The minimum atomic E-state index is -0.602. The predicted molar refractivity (Wildman–Crippen MR) is 57.0 cm³/mol. The van der Waals surface area contributed by atoms with Crippen LogP contribution >= 0.6 is 23.2 Å². The molecule has 0 heterocycles. The molecule has 76 valence electrons. The topological polar surface area (TPSA) is 26.3 Å². The van der Waals surface area contributed by atoms with Crippen molar-refractivity contribution in [3.05, 3.63) is 29.3 Å². The predicted octanol–water partition coefficient (Wildman–Crippen LogP) is 3.26. The van der Waals surface area contributed by atoms with Gasteiger partial charge in [-0.15, -0.1) is 0 Å². The molecule has 4 heteroatoms. The van der Waals surface area contributed by atoms with Gasteiger partial charge in [0.25, 0.3) is 5.24 Å². The number of carbonyl (C=O) groups is 1. The Balaban J connectivity index is 2.72. The zero-order valence-electron chi connectivity index (χ0n) is 7.67. The Bertz CT molecular complexity index is 326. The van der Waals surface area contributed by atoms with Gasteiger partial charge in [-0.25, -0.2) is 0 Å². The number of benzene rings is 1. The minimum absolute atomic E-state index is 0.493. The van der Waals surface area contributed by atoms with Gasteiger partial charge in [-0.2, -0.15) is 0 Å².